The summed E-state index contributed by atoms with van der Waals surface area (Å²) in [5, 5.41) is 0. The van der Waals surface area contributed by atoms with Crippen molar-refractivity contribution in [1.29, 1.82) is 0 Å². The van der Waals surface area contributed by atoms with Crippen LogP contribution in [-0.2, 0) is 6.42 Å². The van der Waals surface area contributed by atoms with Crippen molar-refractivity contribution in [1.82, 2.24) is 0 Å². The van der Waals surface area contributed by atoms with Gasteiger partial charge in [0, 0.05) is 5.54 Å². The monoisotopic (exact) mass is 227 g/mol. The Hall–Kier alpha value is -0.960. The predicted molar refractivity (Wildman–Crippen MR) is 62.1 cm³/mol. The van der Waals surface area contributed by atoms with E-state index >= 15 is 0 Å². The molecule has 1 aromatic carbocycles. The summed E-state index contributed by atoms with van der Waals surface area (Å²) in [6.07, 6.45) is 1.38. The van der Waals surface area contributed by atoms with Crippen LogP contribution in [0.1, 0.15) is 32.8 Å². The van der Waals surface area contributed by atoms with Crippen molar-refractivity contribution in [2.24, 2.45) is 11.7 Å². The number of nitrogens with two attached hydrogens (primary N) is 1. The largest absolute Gasteiger partial charge is 0.325 e. The van der Waals surface area contributed by atoms with E-state index in [1.807, 2.05) is 20.8 Å². The molecule has 1 rings (SSSR count). The molecule has 0 aliphatic carbocycles. The molecule has 0 fully saturated rings. The first-order chi connectivity index (χ1) is 7.39. The maximum Gasteiger partial charge on any atom is 0.159 e. The maximum atomic E-state index is 13.0. The van der Waals surface area contributed by atoms with Gasteiger partial charge in [-0.05, 0) is 36.5 Å². The van der Waals surface area contributed by atoms with Crippen LogP contribution in [0.15, 0.2) is 18.2 Å². The molecule has 0 radical (unpaired) electrons. The molecule has 2 N–H and O–H groups in total. The third-order valence-corrected chi connectivity index (χ3v) is 3.33. The van der Waals surface area contributed by atoms with Crippen molar-refractivity contribution in [3.8, 4) is 0 Å². The Labute approximate surface area is 95.7 Å². The van der Waals surface area contributed by atoms with Gasteiger partial charge in [0.2, 0.25) is 0 Å². The first-order valence-electron chi connectivity index (χ1n) is 5.62. The van der Waals surface area contributed by atoms with E-state index in [0.29, 0.717) is 12.3 Å². The molecule has 0 heterocycles. The van der Waals surface area contributed by atoms with Crippen LogP contribution < -0.4 is 5.73 Å². The highest BCUT2D eigenvalue weighted by atomic mass is 19.2. The van der Waals surface area contributed by atoms with E-state index in [-0.39, 0.29) is 5.54 Å². The molecule has 16 heavy (non-hydrogen) atoms. The van der Waals surface area contributed by atoms with Gasteiger partial charge in [0.15, 0.2) is 11.6 Å². The SMILES string of the molecule is CCC(N)(Cc1ccc(F)c(F)c1)C(C)C. The van der Waals surface area contributed by atoms with Crippen molar-refractivity contribution < 1.29 is 8.78 Å². The molecule has 90 valence electrons. The first kappa shape index (κ1) is 13.1. The molecular weight excluding hydrogens is 208 g/mol. The molecule has 1 unspecified atom stereocenters. The van der Waals surface area contributed by atoms with Gasteiger partial charge in [0.1, 0.15) is 0 Å². The molecule has 1 nitrogen and oxygen atoms in total. The molecule has 0 aliphatic heterocycles. The Balaban J connectivity index is 2.90. The van der Waals surface area contributed by atoms with Crippen LogP contribution in [0.2, 0.25) is 0 Å². The smallest absolute Gasteiger partial charge is 0.159 e. The van der Waals surface area contributed by atoms with Crippen molar-refractivity contribution in [2.45, 2.75) is 39.2 Å². The number of benzene rings is 1. The molecule has 0 saturated carbocycles. The Kier molecular flexibility index (Phi) is 4.03. The second-order valence-electron chi connectivity index (χ2n) is 4.67. The summed E-state index contributed by atoms with van der Waals surface area (Å²) in [4.78, 5) is 0. The second-order valence-corrected chi connectivity index (χ2v) is 4.67. The van der Waals surface area contributed by atoms with Gasteiger partial charge < -0.3 is 5.73 Å². The average molecular weight is 227 g/mol. The standard InChI is InChI=1S/C13H19F2N/c1-4-13(16,9(2)3)8-10-5-6-11(14)12(15)7-10/h5-7,9H,4,8,16H2,1-3H3. The summed E-state index contributed by atoms with van der Waals surface area (Å²) in [5.74, 6) is -1.32. The molecule has 0 bridgehead atoms. The van der Waals surface area contributed by atoms with Crippen LogP contribution in [0, 0.1) is 17.6 Å². The summed E-state index contributed by atoms with van der Waals surface area (Å²) in [6.45, 7) is 6.10. The number of halogens is 2. The van der Waals surface area contributed by atoms with Crippen LogP contribution in [0.25, 0.3) is 0 Å². The predicted octanol–water partition coefficient (Wildman–Crippen LogP) is 3.27. The van der Waals surface area contributed by atoms with Crippen LogP contribution in [0.4, 0.5) is 8.78 Å². The van der Waals surface area contributed by atoms with E-state index in [4.69, 9.17) is 5.73 Å². The van der Waals surface area contributed by atoms with Crippen LogP contribution in [0.3, 0.4) is 0 Å². The van der Waals surface area contributed by atoms with Crippen molar-refractivity contribution in [2.75, 3.05) is 0 Å². The fourth-order valence-corrected chi connectivity index (χ4v) is 1.77. The van der Waals surface area contributed by atoms with Gasteiger partial charge in [0.05, 0.1) is 0 Å². The minimum absolute atomic E-state index is 0.297. The lowest BCUT2D eigenvalue weighted by Crippen LogP contribution is -2.46. The van der Waals surface area contributed by atoms with Crippen LogP contribution in [-0.4, -0.2) is 5.54 Å². The lowest BCUT2D eigenvalue weighted by atomic mass is 9.80. The zero-order valence-corrected chi connectivity index (χ0v) is 10.1. The van der Waals surface area contributed by atoms with E-state index in [9.17, 15) is 8.78 Å². The summed E-state index contributed by atoms with van der Waals surface area (Å²) in [6, 6.07) is 3.98. The summed E-state index contributed by atoms with van der Waals surface area (Å²) < 4.78 is 25.8. The summed E-state index contributed by atoms with van der Waals surface area (Å²) >= 11 is 0. The molecule has 0 saturated heterocycles. The van der Waals surface area contributed by atoms with E-state index in [2.05, 4.69) is 0 Å². The van der Waals surface area contributed by atoms with E-state index in [1.54, 1.807) is 6.07 Å². The Bertz CT molecular complexity index is 363. The molecular formula is C13H19F2N. The van der Waals surface area contributed by atoms with Crippen LogP contribution >= 0.6 is 0 Å². The highest BCUT2D eigenvalue weighted by Crippen LogP contribution is 2.23. The Morgan fingerprint density at radius 3 is 2.31 bits per heavy atom. The van der Waals surface area contributed by atoms with Gasteiger partial charge in [-0.15, -0.1) is 0 Å². The van der Waals surface area contributed by atoms with E-state index in [1.165, 1.54) is 6.07 Å². The van der Waals surface area contributed by atoms with Crippen molar-refractivity contribution in [3.63, 3.8) is 0 Å². The second kappa shape index (κ2) is 4.91. The molecule has 0 spiro atoms. The van der Waals surface area contributed by atoms with Crippen molar-refractivity contribution >= 4 is 0 Å². The minimum atomic E-state index is -0.813. The third-order valence-electron chi connectivity index (χ3n) is 3.33. The normalized spacial score (nSPS) is 15.2. The van der Waals surface area contributed by atoms with Crippen molar-refractivity contribution in [3.05, 3.63) is 35.4 Å². The van der Waals surface area contributed by atoms with Gasteiger partial charge in [-0.3, -0.25) is 0 Å². The summed E-state index contributed by atoms with van der Waals surface area (Å²) in [7, 11) is 0. The maximum absolute atomic E-state index is 13.0. The number of hydrogen-bond acceptors (Lipinski definition) is 1. The van der Waals surface area contributed by atoms with Crippen LogP contribution in [0.5, 0.6) is 0 Å². The molecule has 1 atom stereocenters. The number of rotatable bonds is 4. The first-order valence-corrected chi connectivity index (χ1v) is 5.62. The topological polar surface area (TPSA) is 26.0 Å². The fourth-order valence-electron chi connectivity index (χ4n) is 1.77. The van der Waals surface area contributed by atoms with E-state index < -0.39 is 11.6 Å². The highest BCUT2D eigenvalue weighted by Gasteiger charge is 2.27. The molecule has 0 aromatic heterocycles. The van der Waals surface area contributed by atoms with Gasteiger partial charge >= 0.3 is 0 Å². The van der Waals surface area contributed by atoms with Gasteiger partial charge in [0.25, 0.3) is 0 Å². The highest BCUT2D eigenvalue weighted by molar-refractivity contribution is 5.20. The van der Waals surface area contributed by atoms with Gasteiger partial charge in [-0.1, -0.05) is 26.8 Å². The number of hydrogen-bond donors (Lipinski definition) is 1. The molecule has 0 amide bonds. The fraction of sp³-hybridized carbons (Fsp3) is 0.538. The van der Waals surface area contributed by atoms with Gasteiger partial charge in [-0.25, -0.2) is 8.78 Å². The average Bonchev–Trinajstić information content (AvgIpc) is 2.23. The Morgan fingerprint density at radius 2 is 1.88 bits per heavy atom. The third kappa shape index (κ3) is 2.79. The molecule has 0 aliphatic rings. The van der Waals surface area contributed by atoms with Gasteiger partial charge in [-0.2, -0.15) is 0 Å². The molecule has 1 aromatic rings. The minimum Gasteiger partial charge on any atom is -0.325 e. The van der Waals surface area contributed by atoms with E-state index in [0.717, 1.165) is 18.1 Å². The lowest BCUT2D eigenvalue weighted by molar-refractivity contribution is 0.295. The Morgan fingerprint density at radius 1 is 1.25 bits per heavy atom. The summed E-state index contributed by atoms with van der Waals surface area (Å²) in [5.41, 5.74) is 6.63. The quantitative estimate of drug-likeness (QED) is 0.839. The molecule has 3 heteroatoms. The zero-order chi connectivity index (χ0) is 12.3. The zero-order valence-electron chi connectivity index (χ0n) is 10.1. The lowest BCUT2D eigenvalue weighted by Gasteiger charge is -2.32.